The van der Waals surface area contributed by atoms with Crippen molar-refractivity contribution in [2.24, 2.45) is 5.92 Å². The van der Waals surface area contributed by atoms with Crippen molar-refractivity contribution < 1.29 is 19.1 Å². The first-order valence-electron chi connectivity index (χ1n) is 5.79. The van der Waals surface area contributed by atoms with E-state index in [4.69, 9.17) is 9.52 Å². The van der Waals surface area contributed by atoms with Crippen molar-refractivity contribution in [3.63, 3.8) is 0 Å². The molecule has 100 valence electrons. The molecule has 6 nitrogen and oxygen atoms in total. The minimum absolute atomic E-state index is 0.314. The highest BCUT2D eigenvalue weighted by Crippen LogP contribution is 2.05. The Morgan fingerprint density at radius 2 is 2.11 bits per heavy atom. The molecule has 0 fully saturated rings. The predicted octanol–water partition coefficient (Wildman–Crippen LogP) is 1.50. The van der Waals surface area contributed by atoms with Gasteiger partial charge in [0, 0.05) is 6.54 Å². The number of aryl methyl sites for hydroxylation is 1. The quantitative estimate of drug-likeness (QED) is 0.717. The summed E-state index contributed by atoms with van der Waals surface area (Å²) in [6.07, 6.45) is 0.405. The molecular weight excluding hydrogens is 236 g/mol. The Balaban J connectivity index is 2.16. The number of carbonyl (C=O) groups is 2. The van der Waals surface area contributed by atoms with Crippen LogP contribution in [-0.2, 0) is 11.3 Å². The molecule has 1 aromatic heterocycles. The molecule has 0 saturated carbocycles. The second kappa shape index (κ2) is 6.68. The van der Waals surface area contributed by atoms with E-state index < -0.39 is 11.9 Å². The van der Waals surface area contributed by atoms with E-state index in [1.165, 1.54) is 0 Å². The molecule has 0 aliphatic carbocycles. The fourth-order valence-corrected chi connectivity index (χ4v) is 1.34. The van der Waals surface area contributed by atoms with E-state index in [1.807, 2.05) is 13.0 Å². The molecule has 3 N–H and O–H groups in total. The van der Waals surface area contributed by atoms with E-state index >= 15 is 0 Å². The van der Waals surface area contributed by atoms with Crippen LogP contribution in [0, 0.1) is 12.8 Å². The second-order valence-corrected chi connectivity index (χ2v) is 4.15. The fraction of sp³-hybridized carbons (Fsp3) is 0.500. The highest BCUT2D eigenvalue weighted by molar-refractivity contribution is 5.74. The van der Waals surface area contributed by atoms with Gasteiger partial charge in [-0.1, -0.05) is 6.92 Å². The fourth-order valence-electron chi connectivity index (χ4n) is 1.34. The average Bonchev–Trinajstić information content (AvgIpc) is 2.72. The van der Waals surface area contributed by atoms with Crippen molar-refractivity contribution in [3.8, 4) is 0 Å². The first kappa shape index (κ1) is 14.1. The molecule has 6 heteroatoms. The molecule has 1 atom stereocenters. The van der Waals surface area contributed by atoms with Crippen LogP contribution in [0.4, 0.5) is 4.79 Å². The minimum Gasteiger partial charge on any atom is -0.481 e. The standard InChI is InChI=1S/C12H18N2O4/c1-8(11(15)16)5-6-13-12(17)14-7-10-4-3-9(2)18-10/h3-4,8H,5-7H2,1-2H3,(H,15,16)(H2,13,14,17). The summed E-state index contributed by atoms with van der Waals surface area (Å²) in [5.74, 6) is 0.158. The summed E-state index contributed by atoms with van der Waals surface area (Å²) in [6, 6.07) is 3.28. The van der Waals surface area contributed by atoms with E-state index in [-0.39, 0.29) is 6.03 Å². The van der Waals surface area contributed by atoms with E-state index in [0.29, 0.717) is 25.3 Å². The van der Waals surface area contributed by atoms with E-state index in [2.05, 4.69) is 10.6 Å². The molecule has 18 heavy (non-hydrogen) atoms. The normalized spacial score (nSPS) is 11.9. The van der Waals surface area contributed by atoms with Gasteiger partial charge in [-0.05, 0) is 25.5 Å². The zero-order valence-electron chi connectivity index (χ0n) is 10.5. The minimum atomic E-state index is -0.858. The lowest BCUT2D eigenvalue weighted by molar-refractivity contribution is -0.141. The maximum absolute atomic E-state index is 11.4. The summed E-state index contributed by atoms with van der Waals surface area (Å²) in [5.41, 5.74) is 0. The number of carboxylic acid groups (broad SMARTS) is 1. The van der Waals surface area contributed by atoms with Crippen molar-refractivity contribution >= 4 is 12.0 Å². The van der Waals surface area contributed by atoms with E-state index in [0.717, 1.165) is 5.76 Å². The lowest BCUT2D eigenvalue weighted by atomic mass is 10.1. The van der Waals surface area contributed by atoms with Crippen molar-refractivity contribution in [2.75, 3.05) is 6.54 Å². The van der Waals surface area contributed by atoms with Gasteiger partial charge in [-0.3, -0.25) is 4.79 Å². The third kappa shape index (κ3) is 4.90. The Bertz CT molecular complexity index is 414. The lowest BCUT2D eigenvalue weighted by Gasteiger charge is -2.08. The molecular formula is C12H18N2O4. The third-order valence-electron chi connectivity index (χ3n) is 2.50. The largest absolute Gasteiger partial charge is 0.481 e. The van der Waals surface area contributed by atoms with Crippen molar-refractivity contribution in [2.45, 2.75) is 26.8 Å². The van der Waals surface area contributed by atoms with Gasteiger partial charge in [0.1, 0.15) is 11.5 Å². The van der Waals surface area contributed by atoms with Crippen molar-refractivity contribution in [1.82, 2.24) is 10.6 Å². The molecule has 1 aromatic rings. The lowest BCUT2D eigenvalue weighted by Crippen LogP contribution is -2.36. The summed E-state index contributed by atoms with van der Waals surface area (Å²) in [6.45, 7) is 4.08. The number of nitrogens with one attached hydrogen (secondary N) is 2. The van der Waals surface area contributed by atoms with Crippen LogP contribution in [0.25, 0.3) is 0 Å². The summed E-state index contributed by atoms with van der Waals surface area (Å²) in [7, 11) is 0. The molecule has 0 spiro atoms. The molecule has 0 aromatic carbocycles. The predicted molar refractivity (Wildman–Crippen MR) is 65.1 cm³/mol. The van der Waals surface area contributed by atoms with Gasteiger partial charge in [-0.15, -0.1) is 0 Å². The second-order valence-electron chi connectivity index (χ2n) is 4.15. The van der Waals surface area contributed by atoms with Crippen LogP contribution in [0.15, 0.2) is 16.5 Å². The molecule has 1 heterocycles. The van der Waals surface area contributed by atoms with Crippen molar-refractivity contribution in [1.29, 1.82) is 0 Å². The Hall–Kier alpha value is -1.98. The number of furan rings is 1. The number of rotatable bonds is 6. The first-order chi connectivity index (χ1) is 8.49. The number of amides is 2. The molecule has 2 amide bonds. The smallest absolute Gasteiger partial charge is 0.315 e. The van der Waals surface area contributed by atoms with Crippen LogP contribution >= 0.6 is 0 Å². The van der Waals surface area contributed by atoms with Crippen LogP contribution in [0.2, 0.25) is 0 Å². The summed E-state index contributed by atoms with van der Waals surface area (Å²) in [4.78, 5) is 21.9. The SMILES string of the molecule is Cc1ccc(CNC(=O)NCCC(C)C(=O)O)o1. The van der Waals surface area contributed by atoms with E-state index in [1.54, 1.807) is 13.0 Å². The Morgan fingerprint density at radius 3 is 2.67 bits per heavy atom. The van der Waals surface area contributed by atoms with Gasteiger partial charge in [0.25, 0.3) is 0 Å². The Kier molecular flexibility index (Phi) is 5.23. The number of carboxylic acids is 1. The van der Waals surface area contributed by atoms with Crippen LogP contribution < -0.4 is 10.6 Å². The van der Waals surface area contributed by atoms with Crippen LogP contribution in [0.3, 0.4) is 0 Å². The molecule has 0 bridgehead atoms. The Labute approximate surface area is 105 Å². The highest BCUT2D eigenvalue weighted by Gasteiger charge is 2.10. The number of aliphatic carboxylic acids is 1. The van der Waals surface area contributed by atoms with Crippen LogP contribution in [0.1, 0.15) is 24.9 Å². The van der Waals surface area contributed by atoms with Gasteiger partial charge in [-0.2, -0.15) is 0 Å². The Morgan fingerprint density at radius 1 is 1.39 bits per heavy atom. The van der Waals surface area contributed by atoms with E-state index in [9.17, 15) is 9.59 Å². The molecule has 1 unspecified atom stereocenters. The number of hydrogen-bond donors (Lipinski definition) is 3. The monoisotopic (exact) mass is 254 g/mol. The van der Waals surface area contributed by atoms with Crippen LogP contribution in [-0.4, -0.2) is 23.7 Å². The highest BCUT2D eigenvalue weighted by atomic mass is 16.4. The van der Waals surface area contributed by atoms with Gasteiger partial charge in [0.15, 0.2) is 0 Å². The molecule has 0 aliphatic rings. The van der Waals surface area contributed by atoms with Crippen LogP contribution in [0.5, 0.6) is 0 Å². The molecule has 0 saturated heterocycles. The molecule has 0 aliphatic heterocycles. The van der Waals surface area contributed by atoms with Crippen molar-refractivity contribution in [3.05, 3.63) is 23.7 Å². The maximum atomic E-state index is 11.4. The van der Waals surface area contributed by atoms with Gasteiger partial charge >= 0.3 is 12.0 Å². The average molecular weight is 254 g/mol. The number of carbonyl (C=O) groups excluding carboxylic acids is 1. The summed E-state index contributed by atoms with van der Waals surface area (Å²) >= 11 is 0. The zero-order chi connectivity index (χ0) is 13.5. The summed E-state index contributed by atoms with van der Waals surface area (Å²) in [5, 5.41) is 13.9. The van der Waals surface area contributed by atoms with Gasteiger partial charge < -0.3 is 20.2 Å². The molecule has 1 rings (SSSR count). The van der Waals surface area contributed by atoms with Gasteiger partial charge in [-0.25, -0.2) is 4.79 Å². The number of hydrogen-bond acceptors (Lipinski definition) is 3. The van der Waals surface area contributed by atoms with Gasteiger partial charge in [0.05, 0.1) is 12.5 Å². The topological polar surface area (TPSA) is 91.6 Å². The first-order valence-corrected chi connectivity index (χ1v) is 5.79. The molecule has 0 radical (unpaired) electrons. The third-order valence-corrected chi connectivity index (χ3v) is 2.50. The summed E-state index contributed by atoms with van der Waals surface area (Å²) < 4.78 is 5.29. The van der Waals surface area contributed by atoms with Gasteiger partial charge in [0.2, 0.25) is 0 Å². The number of urea groups is 1. The maximum Gasteiger partial charge on any atom is 0.315 e. The zero-order valence-corrected chi connectivity index (χ0v) is 10.5.